The van der Waals surface area contributed by atoms with Crippen LogP contribution >= 0.6 is 11.6 Å². The third-order valence-corrected chi connectivity index (χ3v) is 5.93. The highest BCUT2D eigenvalue weighted by molar-refractivity contribution is 6.30. The van der Waals surface area contributed by atoms with Crippen molar-refractivity contribution in [1.82, 2.24) is 24.6 Å². The van der Waals surface area contributed by atoms with Crippen molar-refractivity contribution in [3.05, 3.63) is 59.0 Å². The standard InChI is InChI=1S/C21H23ClFN7/c22-17-4-5-18-16(13-17)14-27(8-6-23)15-20-25-26-21(30(18)20)29-11-9-28(10-12-29)19-3-1-2-7-24-19/h1-5,7,13H,6,8-12,14-15H2. The van der Waals surface area contributed by atoms with Crippen molar-refractivity contribution >= 4 is 23.4 Å². The highest BCUT2D eigenvalue weighted by Gasteiger charge is 2.28. The lowest BCUT2D eigenvalue weighted by molar-refractivity contribution is 0.230. The summed E-state index contributed by atoms with van der Waals surface area (Å²) in [6.45, 7) is 4.52. The maximum absolute atomic E-state index is 13.1. The Hall–Kier alpha value is -2.71. The van der Waals surface area contributed by atoms with E-state index in [1.54, 1.807) is 0 Å². The first-order valence-corrected chi connectivity index (χ1v) is 10.5. The molecule has 0 N–H and O–H groups in total. The van der Waals surface area contributed by atoms with Gasteiger partial charge < -0.3 is 9.80 Å². The number of rotatable bonds is 4. The Bertz CT molecular complexity index is 1020. The third kappa shape index (κ3) is 3.61. The molecule has 0 bridgehead atoms. The van der Waals surface area contributed by atoms with E-state index in [9.17, 15) is 4.39 Å². The number of halogens is 2. The van der Waals surface area contributed by atoms with Crippen LogP contribution in [0.4, 0.5) is 16.2 Å². The van der Waals surface area contributed by atoms with Crippen LogP contribution in [0.1, 0.15) is 11.4 Å². The summed E-state index contributed by atoms with van der Waals surface area (Å²) in [7, 11) is 0. The van der Waals surface area contributed by atoms with Crippen LogP contribution in [0.3, 0.4) is 0 Å². The first-order chi connectivity index (χ1) is 14.7. The van der Waals surface area contributed by atoms with E-state index in [-0.39, 0.29) is 0 Å². The molecule has 0 radical (unpaired) electrons. The van der Waals surface area contributed by atoms with Crippen LogP contribution in [0.25, 0.3) is 5.69 Å². The van der Waals surface area contributed by atoms with Crippen LogP contribution in [0.2, 0.25) is 5.02 Å². The Morgan fingerprint density at radius 2 is 1.80 bits per heavy atom. The predicted molar refractivity (Wildman–Crippen MR) is 115 cm³/mol. The zero-order valence-corrected chi connectivity index (χ0v) is 17.3. The van der Waals surface area contributed by atoms with Gasteiger partial charge in [-0.3, -0.25) is 9.47 Å². The summed E-state index contributed by atoms with van der Waals surface area (Å²) in [5.41, 5.74) is 2.07. The van der Waals surface area contributed by atoms with Gasteiger partial charge in [0.1, 0.15) is 12.5 Å². The van der Waals surface area contributed by atoms with Crippen molar-refractivity contribution in [2.45, 2.75) is 13.1 Å². The molecule has 1 fully saturated rings. The number of hydrogen-bond acceptors (Lipinski definition) is 6. The number of pyridine rings is 1. The fourth-order valence-electron chi connectivity index (χ4n) is 4.21. The molecular weight excluding hydrogens is 405 g/mol. The summed E-state index contributed by atoms with van der Waals surface area (Å²) in [6.07, 6.45) is 1.82. The van der Waals surface area contributed by atoms with Gasteiger partial charge in [0, 0.05) is 50.5 Å². The second-order valence-corrected chi connectivity index (χ2v) is 8.02. The number of benzene rings is 1. The Balaban J connectivity index is 1.45. The van der Waals surface area contributed by atoms with Crippen LogP contribution in [-0.2, 0) is 13.1 Å². The zero-order valence-electron chi connectivity index (χ0n) is 16.6. The van der Waals surface area contributed by atoms with Gasteiger partial charge >= 0.3 is 0 Å². The molecule has 2 aromatic heterocycles. The molecule has 0 amide bonds. The quantitative estimate of drug-likeness (QED) is 0.638. The van der Waals surface area contributed by atoms with Gasteiger partial charge in [-0.1, -0.05) is 17.7 Å². The Morgan fingerprint density at radius 1 is 0.967 bits per heavy atom. The minimum Gasteiger partial charge on any atom is -0.353 e. The smallest absolute Gasteiger partial charge is 0.232 e. The van der Waals surface area contributed by atoms with E-state index in [1.165, 1.54) is 0 Å². The van der Waals surface area contributed by atoms with Crippen LogP contribution in [0.5, 0.6) is 0 Å². The molecule has 5 rings (SSSR count). The van der Waals surface area contributed by atoms with Gasteiger partial charge in [0.15, 0.2) is 5.82 Å². The maximum Gasteiger partial charge on any atom is 0.232 e. The molecule has 9 heteroatoms. The molecule has 7 nitrogen and oxygen atoms in total. The van der Waals surface area contributed by atoms with Crippen LogP contribution in [0.15, 0.2) is 42.6 Å². The molecule has 4 heterocycles. The summed E-state index contributed by atoms with van der Waals surface area (Å²) in [5.74, 6) is 2.65. The SMILES string of the molecule is FCCN1Cc2cc(Cl)ccc2-n2c(nnc2N2CCN(c3ccccn3)CC2)C1. The zero-order chi connectivity index (χ0) is 20.5. The van der Waals surface area contributed by atoms with E-state index in [0.717, 1.165) is 55.0 Å². The molecule has 1 saturated heterocycles. The van der Waals surface area contributed by atoms with Gasteiger partial charge in [-0.05, 0) is 35.9 Å². The molecular formula is C21H23ClFN7. The van der Waals surface area contributed by atoms with Crippen molar-refractivity contribution in [2.75, 3.05) is 49.2 Å². The average Bonchev–Trinajstić information content (AvgIpc) is 3.11. The highest BCUT2D eigenvalue weighted by atomic mass is 35.5. The largest absolute Gasteiger partial charge is 0.353 e. The molecule has 30 heavy (non-hydrogen) atoms. The van der Waals surface area contributed by atoms with E-state index < -0.39 is 6.67 Å². The molecule has 156 valence electrons. The number of alkyl halides is 1. The molecule has 0 spiro atoms. The van der Waals surface area contributed by atoms with Gasteiger partial charge in [-0.2, -0.15) is 0 Å². The minimum absolute atomic E-state index is 0.358. The molecule has 0 atom stereocenters. The second-order valence-electron chi connectivity index (χ2n) is 7.59. The predicted octanol–water partition coefficient (Wildman–Crippen LogP) is 2.93. The number of hydrogen-bond donors (Lipinski definition) is 0. The monoisotopic (exact) mass is 427 g/mol. The van der Waals surface area contributed by atoms with Crippen molar-refractivity contribution in [3.8, 4) is 5.69 Å². The lowest BCUT2D eigenvalue weighted by Gasteiger charge is -2.35. The van der Waals surface area contributed by atoms with Crippen LogP contribution in [0, 0.1) is 0 Å². The summed E-state index contributed by atoms with van der Waals surface area (Å²) in [6, 6.07) is 11.8. The number of piperazine rings is 1. The molecule has 2 aliphatic rings. The topological polar surface area (TPSA) is 53.3 Å². The number of fused-ring (bicyclic) bond motifs is 3. The molecule has 2 aliphatic heterocycles. The Labute approximate surface area is 179 Å². The van der Waals surface area contributed by atoms with Crippen LogP contribution < -0.4 is 9.80 Å². The number of aromatic nitrogens is 4. The van der Waals surface area contributed by atoms with Crippen molar-refractivity contribution in [3.63, 3.8) is 0 Å². The number of nitrogens with zero attached hydrogens (tertiary/aromatic N) is 7. The summed E-state index contributed by atoms with van der Waals surface area (Å²) < 4.78 is 15.2. The normalized spacial score (nSPS) is 16.9. The molecule has 1 aromatic carbocycles. The molecule has 0 aliphatic carbocycles. The van der Waals surface area contributed by atoms with Gasteiger partial charge in [-0.15, -0.1) is 10.2 Å². The van der Waals surface area contributed by atoms with Crippen molar-refractivity contribution < 1.29 is 4.39 Å². The fourth-order valence-corrected chi connectivity index (χ4v) is 4.41. The first-order valence-electron chi connectivity index (χ1n) is 10.2. The van der Waals surface area contributed by atoms with E-state index in [4.69, 9.17) is 11.6 Å². The van der Waals surface area contributed by atoms with Gasteiger partial charge in [0.2, 0.25) is 5.95 Å². The lowest BCUT2D eigenvalue weighted by Crippen LogP contribution is -2.47. The molecule has 0 saturated carbocycles. The van der Waals surface area contributed by atoms with E-state index in [2.05, 4.69) is 29.5 Å². The van der Waals surface area contributed by atoms with E-state index in [1.807, 2.05) is 47.5 Å². The summed E-state index contributed by atoms with van der Waals surface area (Å²) >= 11 is 6.26. The van der Waals surface area contributed by atoms with Crippen molar-refractivity contribution in [1.29, 1.82) is 0 Å². The first kappa shape index (κ1) is 19.3. The summed E-state index contributed by atoms with van der Waals surface area (Å²) in [4.78, 5) is 11.1. The minimum atomic E-state index is -0.396. The fraction of sp³-hybridized carbons (Fsp3) is 0.381. The highest BCUT2D eigenvalue weighted by Crippen LogP contribution is 2.30. The molecule has 3 aromatic rings. The molecule has 0 unspecified atom stereocenters. The van der Waals surface area contributed by atoms with E-state index in [0.29, 0.717) is 24.7 Å². The second kappa shape index (κ2) is 8.20. The lowest BCUT2D eigenvalue weighted by atomic mass is 10.1. The van der Waals surface area contributed by atoms with Crippen LogP contribution in [-0.4, -0.2) is 64.0 Å². The van der Waals surface area contributed by atoms with E-state index >= 15 is 0 Å². The maximum atomic E-state index is 13.1. The van der Waals surface area contributed by atoms with Gasteiger partial charge in [-0.25, -0.2) is 9.37 Å². The Morgan fingerprint density at radius 3 is 2.57 bits per heavy atom. The number of anilines is 2. The van der Waals surface area contributed by atoms with Gasteiger partial charge in [0.25, 0.3) is 0 Å². The Kier molecular flexibility index (Phi) is 5.26. The third-order valence-electron chi connectivity index (χ3n) is 5.69. The summed E-state index contributed by atoms with van der Waals surface area (Å²) in [5, 5.41) is 9.68. The van der Waals surface area contributed by atoms with Crippen molar-refractivity contribution in [2.24, 2.45) is 0 Å². The average molecular weight is 428 g/mol. The van der Waals surface area contributed by atoms with Gasteiger partial charge in [0.05, 0.1) is 12.2 Å².